The molecule has 0 rings (SSSR count). The highest BCUT2D eigenvalue weighted by Crippen LogP contribution is 2.10. The summed E-state index contributed by atoms with van der Waals surface area (Å²) in [5, 5.41) is 16.3. The molecule has 0 heterocycles. The topological polar surface area (TPSA) is 87.2 Å². The van der Waals surface area contributed by atoms with Gasteiger partial charge in [0.1, 0.15) is 0 Å². The van der Waals surface area contributed by atoms with Crippen molar-refractivity contribution in [2.24, 2.45) is 5.73 Å². The Kier molecular flexibility index (Phi) is 7.54. The predicted molar refractivity (Wildman–Crippen MR) is 69.0 cm³/mol. The van der Waals surface area contributed by atoms with Crippen LogP contribution in [-0.2, 0) is 0 Å². The summed E-state index contributed by atoms with van der Waals surface area (Å²) < 4.78 is -0.491. The molecule has 0 radical (unpaired) electrons. The van der Waals surface area contributed by atoms with E-state index in [2.05, 4.69) is 6.92 Å². The van der Waals surface area contributed by atoms with Crippen LogP contribution in [0.15, 0.2) is 0 Å². The average molecular weight is 244 g/mol. The van der Waals surface area contributed by atoms with Crippen LogP contribution in [0.4, 0.5) is 4.79 Å². The lowest BCUT2D eigenvalue weighted by Crippen LogP contribution is -2.56. The van der Waals surface area contributed by atoms with E-state index in [0.717, 1.165) is 19.3 Å². The molecule has 0 aliphatic carbocycles. The highest BCUT2D eigenvalue weighted by molar-refractivity contribution is 5.78. The number of carboxylic acid groups (broad SMARTS) is 1. The molecular formula is C12H26N3O2+. The molecule has 1 amide bonds. The molecule has 1 unspecified atom stereocenters. The van der Waals surface area contributed by atoms with Crippen molar-refractivity contribution in [1.29, 1.82) is 5.41 Å². The summed E-state index contributed by atoms with van der Waals surface area (Å²) in [6.07, 6.45) is 6.88. The van der Waals surface area contributed by atoms with Gasteiger partial charge < -0.3 is 10.8 Å². The molecule has 0 aliphatic heterocycles. The van der Waals surface area contributed by atoms with Crippen LogP contribution < -0.4 is 5.73 Å². The first-order chi connectivity index (χ1) is 7.95. The number of hydrogen-bond donors (Lipinski definition) is 3. The number of nitrogens with one attached hydrogen (secondary N) is 1. The van der Waals surface area contributed by atoms with Gasteiger partial charge in [0.25, 0.3) is 0 Å². The van der Waals surface area contributed by atoms with Crippen LogP contribution in [-0.4, -0.2) is 35.2 Å². The first-order valence-electron chi connectivity index (χ1n) is 6.38. The fourth-order valence-corrected chi connectivity index (χ4v) is 1.70. The van der Waals surface area contributed by atoms with E-state index in [1.165, 1.54) is 32.7 Å². The SMILES string of the molecule is CCCCCCCCC[N+](C)(C(=N)N)C(=O)O. The molecular weight excluding hydrogens is 218 g/mol. The Morgan fingerprint density at radius 1 is 1.18 bits per heavy atom. The molecule has 100 valence electrons. The van der Waals surface area contributed by atoms with Crippen molar-refractivity contribution in [2.75, 3.05) is 13.6 Å². The van der Waals surface area contributed by atoms with Crippen molar-refractivity contribution in [3.05, 3.63) is 0 Å². The van der Waals surface area contributed by atoms with Crippen LogP contribution in [0.5, 0.6) is 0 Å². The number of nitrogens with zero attached hydrogens (tertiary/aromatic N) is 1. The number of rotatable bonds is 8. The Morgan fingerprint density at radius 2 is 1.65 bits per heavy atom. The summed E-state index contributed by atoms with van der Waals surface area (Å²) in [5.41, 5.74) is 5.33. The van der Waals surface area contributed by atoms with Gasteiger partial charge in [-0.1, -0.05) is 39.0 Å². The van der Waals surface area contributed by atoms with Gasteiger partial charge in [-0.2, -0.15) is 9.28 Å². The Hall–Kier alpha value is -1.10. The summed E-state index contributed by atoms with van der Waals surface area (Å²) >= 11 is 0. The number of amides is 1. The van der Waals surface area contributed by atoms with E-state index in [1.807, 2.05) is 0 Å². The summed E-state index contributed by atoms with van der Waals surface area (Å²) in [4.78, 5) is 11.0. The summed E-state index contributed by atoms with van der Waals surface area (Å²) in [6.45, 7) is 2.58. The molecule has 5 nitrogen and oxygen atoms in total. The average Bonchev–Trinajstić information content (AvgIpc) is 2.27. The van der Waals surface area contributed by atoms with E-state index in [1.54, 1.807) is 0 Å². The minimum atomic E-state index is -1.05. The largest absolute Gasteiger partial charge is 0.521 e. The van der Waals surface area contributed by atoms with Crippen molar-refractivity contribution in [3.8, 4) is 0 Å². The highest BCUT2D eigenvalue weighted by Gasteiger charge is 2.35. The number of unbranched alkanes of at least 4 members (excludes halogenated alkanes) is 6. The zero-order valence-electron chi connectivity index (χ0n) is 11.0. The minimum Gasteiger partial charge on any atom is -0.435 e. The van der Waals surface area contributed by atoms with Gasteiger partial charge in [-0.25, -0.2) is 5.41 Å². The smallest absolute Gasteiger partial charge is 0.435 e. The molecule has 0 aromatic rings. The van der Waals surface area contributed by atoms with Gasteiger partial charge in [-0.15, -0.1) is 0 Å². The second kappa shape index (κ2) is 8.06. The van der Waals surface area contributed by atoms with Gasteiger partial charge in [0.15, 0.2) is 0 Å². The minimum absolute atomic E-state index is 0.302. The normalized spacial score (nSPS) is 14.2. The molecule has 4 N–H and O–H groups in total. The lowest BCUT2D eigenvalue weighted by atomic mass is 10.1. The van der Waals surface area contributed by atoms with Crippen LogP contribution in [0.3, 0.4) is 0 Å². The van der Waals surface area contributed by atoms with E-state index < -0.39 is 10.6 Å². The molecule has 17 heavy (non-hydrogen) atoms. The Morgan fingerprint density at radius 3 is 2.06 bits per heavy atom. The molecule has 0 saturated carbocycles. The van der Waals surface area contributed by atoms with E-state index in [9.17, 15) is 4.79 Å². The van der Waals surface area contributed by atoms with Gasteiger partial charge in [-0.05, 0) is 12.8 Å². The standard InChI is InChI=1S/C12H25N3O2/c1-3-4-5-6-7-8-9-10-15(2,11(13)14)12(16)17/h3-10H2,1-2H3,(H3-,13,14,16,17)/p+1. The third kappa shape index (κ3) is 5.68. The maximum absolute atomic E-state index is 11.0. The lowest BCUT2D eigenvalue weighted by Gasteiger charge is -2.24. The van der Waals surface area contributed by atoms with Crippen LogP contribution in [0.1, 0.15) is 51.9 Å². The van der Waals surface area contributed by atoms with Crippen molar-refractivity contribution < 1.29 is 14.4 Å². The van der Waals surface area contributed by atoms with Gasteiger partial charge >= 0.3 is 12.1 Å². The third-order valence-electron chi connectivity index (χ3n) is 3.16. The van der Waals surface area contributed by atoms with E-state index in [4.69, 9.17) is 16.2 Å². The lowest BCUT2D eigenvalue weighted by molar-refractivity contribution is -0.747. The first-order valence-corrected chi connectivity index (χ1v) is 6.38. The van der Waals surface area contributed by atoms with E-state index in [0.29, 0.717) is 6.54 Å². The van der Waals surface area contributed by atoms with Crippen molar-refractivity contribution >= 4 is 12.1 Å². The number of nitrogens with two attached hydrogens (primary N) is 1. The summed E-state index contributed by atoms with van der Waals surface area (Å²) in [5.74, 6) is -0.302. The van der Waals surface area contributed by atoms with Gasteiger partial charge in [0.05, 0.1) is 13.6 Å². The molecule has 0 aliphatic rings. The molecule has 5 heteroatoms. The molecule has 0 fully saturated rings. The summed E-state index contributed by atoms with van der Waals surface area (Å²) in [6, 6.07) is 0. The zero-order chi connectivity index (χ0) is 13.3. The number of carbonyl (C=O) groups is 1. The van der Waals surface area contributed by atoms with Crippen molar-refractivity contribution in [3.63, 3.8) is 0 Å². The first kappa shape index (κ1) is 15.9. The Labute approximate surface area is 104 Å². The monoisotopic (exact) mass is 244 g/mol. The summed E-state index contributed by atoms with van der Waals surface area (Å²) in [7, 11) is 1.47. The van der Waals surface area contributed by atoms with Gasteiger partial charge in [0.2, 0.25) is 0 Å². The highest BCUT2D eigenvalue weighted by atomic mass is 16.4. The fourth-order valence-electron chi connectivity index (χ4n) is 1.70. The third-order valence-corrected chi connectivity index (χ3v) is 3.16. The Bertz CT molecular complexity index is 240. The predicted octanol–water partition coefficient (Wildman–Crippen LogP) is 2.76. The molecule has 0 bridgehead atoms. The molecule has 0 spiro atoms. The number of guanidine groups is 1. The number of quaternary nitrogens is 1. The van der Waals surface area contributed by atoms with Crippen molar-refractivity contribution in [1.82, 2.24) is 0 Å². The van der Waals surface area contributed by atoms with Gasteiger partial charge in [-0.3, -0.25) is 0 Å². The fraction of sp³-hybridized carbons (Fsp3) is 0.833. The van der Waals surface area contributed by atoms with Crippen molar-refractivity contribution in [2.45, 2.75) is 51.9 Å². The molecule has 1 atom stereocenters. The second-order valence-corrected chi connectivity index (χ2v) is 4.70. The molecule has 0 saturated heterocycles. The van der Waals surface area contributed by atoms with Crippen LogP contribution in [0.25, 0.3) is 0 Å². The Balaban J connectivity index is 3.78. The maximum Gasteiger partial charge on any atom is 0.521 e. The molecule has 0 aromatic heterocycles. The van der Waals surface area contributed by atoms with Crippen LogP contribution in [0.2, 0.25) is 0 Å². The zero-order valence-corrected chi connectivity index (χ0v) is 11.0. The van der Waals surface area contributed by atoms with E-state index >= 15 is 0 Å². The van der Waals surface area contributed by atoms with Crippen LogP contribution in [0, 0.1) is 5.41 Å². The maximum atomic E-state index is 11.0. The van der Waals surface area contributed by atoms with E-state index in [-0.39, 0.29) is 5.96 Å². The quantitative estimate of drug-likeness (QED) is 0.265. The molecule has 0 aromatic carbocycles. The number of hydrogen-bond acceptors (Lipinski definition) is 2. The second-order valence-electron chi connectivity index (χ2n) is 4.70. The van der Waals surface area contributed by atoms with Gasteiger partial charge in [0, 0.05) is 0 Å². The van der Waals surface area contributed by atoms with Crippen LogP contribution >= 0.6 is 0 Å².